The third-order valence-corrected chi connectivity index (χ3v) is 5.72. The van der Waals surface area contributed by atoms with Crippen molar-refractivity contribution in [1.82, 2.24) is 19.1 Å². The van der Waals surface area contributed by atoms with Gasteiger partial charge in [-0.3, -0.25) is 14.3 Å². The Morgan fingerprint density at radius 2 is 1.80 bits per heavy atom. The zero-order chi connectivity index (χ0) is 21.5. The Labute approximate surface area is 170 Å². The molecule has 2 heterocycles. The maximum atomic E-state index is 13.0. The molecule has 0 bridgehead atoms. The number of hydrogen-bond acceptors (Lipinski definition) is 3. The molecule has 0 amide bonds. The van der Waals surface area contributed by atoms with Crippen molar-refractivity contribution in [2.75, 3.05) is 0 Å². The van der Waals surface area contributed by atoms with Gasteiger partial charge in [-0.15, -0.1) is 0 Å². The number of unbranched alkanes of at least 4 members (excludes halogenated alkanes) is 1. The average molecular weight is 420 g/mol. The normalized spacial score (nSPS) is 15.3. The third-order valence-electron chi connectivity index (χ3n) is 5.72. The summed E-state index contributed by atoms with van der Waals surface area (Å²) in [7, 11) is 0. The monoisotopic (exact) mass is 420 g/mol. The number of benzene rings is 1. The van der Waals surface area contributed by atoms with Gasteiger partial charge in [-0.1, -0.05) is 38.3 Å². The summed E-state index contributed by atoms with van der Waals surface area (Å²) in [5, 5.41) is 0. The van der Waals surface area contributed by atoms with Crippen LogP contribution in [-0.4, -0.2) is 19.1 Å². The molecule has 160 valence electrons. The summed E-state index contributed by atoms with van der Waals surface area (Å²) in [5.74, 6) is 0.423. The second kappa shape index (κ2) is 7.77. The fourth-order valence-corrected chi connectivity index (χ4v) is 4.19. The summed E-state index contributed by atoms with van der Waals surface area (Å²) < 4.78 is 42.2. The van der Waals surface area contributed by atoms with Gasteiger partial charge in [0.05, 0.1) is 5.56 Å². The fourth-order valence-electron chi connectivity index (χ4n) is 4.19. The Kier molecular flexibility index (Phi) is 5.29. The first kappa shape index (κ1) is 20.4. The van der Waals surface area contributed by atoms with E-state index in [2.05, 4.69) is 9.97 Å². The lowest BCUT2D eigenvalue weighted by molar-refractivity contribution is -0.137. The number of aromatic amines is 1. The molecule has 0 spiro atoms. The van der Waals surface area contributed by atoms with E-state index < -0.39 is 23.0 Å². The lowest BCUT2D eigenvalue weighted by Crippen LogP contribution is -2.31. The molecule has 9 heteroatoms. The highest BCUT2D eigenvalue weighted by atomic mass is 19.4. The molecule has 1 saturated carbocycles. The first-order valence-electron chi connectivity index (χ1n) is 10.2. The van der Waals surface area contributed by atoms with Gasteiger partial charge < -0.3 is 4.57 Å². The van der Waals surface area contributed by atoms with Crippen LogP contribution in [0, 0.1) is 0 Å². The van der Waals surface area contributed by atoms with Crippen LogP contribution in [0.4, 0.5) is 13.2 Å². The lowest BCUT2D eigenvalue weighted by Gasteiger charge is -2.16. The van der Waals surface area contributed by atoms with Gasteiger partial charge in [0.25, 0.3) is 5.56 Å². The summed E-state index contributed by atoms with van der Waals surface area (Å²) >= 11 is 0. The Bertz CT molecular complexity index is 1170. The van der Waals surface area contributed by atoms with Crippen LogP contribution in [0.3, 0.4) is 0 Å². The molecule has 30 heavy (non-hydrogen) atoms. The number of H-pyrrole nitrogens is 1. The van der Waals surface area contributed by atoms with Crippen molar-refractivity contribution in [3.8, 4) is 11.4 Å². The highest BCUT2D eigenvalue weighted by molar-refractivity contribution is 5.77. The molecule has 3 aromatic rings. The molecule has 1 fully saturated rings. The molecule has 1 N–H and O–H groups in total. The third kappa shape index (κ3) is 3.57. The van der Waals surface area contributed by atoms with Gasteiger partial charge in [-0.05, 0) is 31.4 Å². The highest BCUT2D eigenvalue weighted by Crippen LogP contribution is 2.37. The Balaban J connectivity index is 1.96. The second-order valence-electron chi connectivity index (χ2n) is 7.76. The van der Waals surface area contributed by atoms with Gasteiger partial charge >= 0.3 is 11.9 Å². The molecule has 1 aliphatic carbocycles. The summed E-state index contributed by atoms with van der Waals surface area (Å²) in [4.78, 5) is 32.2. The standard InChI is InChI=1S/C21H23F3N4O2/c1-2-3-12-27-18-16(19(29)26-20(27)30)28(15-6-4-5-7-15)17(25-18)13-8-10-14(11-9-13)21(22,23)24/h8-11,15H,2-7,12H2,1H3,(H,26,29,30). The second-order valence-corrected chi connectivity index (χ2v) is 7.76. The minimum absolute atomic E-state index is 0.0190. The number of alkyl halides is 3. The van der Waals surface area contributed by atoms with Crippen molar-refractivity contribution < 1.29 is 13.2 Å². The molecule has 0 aliphatic heterocycles. The lowest BCUT2D eigenvalue weighted by atomic mass is 10.1. The van der Waals surface area contributed by atoms with Crippen LogP contribution in [0.15, 0.2) is 33.9 Å². The van der Waals surface area contributed by atoms with Gasteiger partial charge in [0.15, 0.2) is 11.2 Å². The van der Waals surface area contributed by atoms with E-state index in [1.807, 2.05) is 11.5 Å². The number of halogens is 3. The zero-order valence-electron chi connectivity index (χ0n) is 16.6. The molecule has 0 saturated heterocycles. The summed E-state index contributed by atoms with van der Waals surface area (Å²) in [5.41, 5.74) is -0.685. The molecule has 4 rings (SSSR count). The van der Waals surface area contributed by atoms with Crippen molar-refractivity contribution in [2.45, 2.75) is 64.2 Å². The van der Waals surface area contributed by atoms with Crippen molar-refractivity contribution in [2.24, 2.45) is 0 Å². The van der Waals surface area contributed by atoms with Crippen molar-refractivity contribution in [3.63, 3.8) is 0 Å². The molecule has 0 radical (unpaired) electrons. The van der Waals surface area contributed by atoms with E-state index >= 15 is 0 Å². The molecule has 1 aliphatic rings. The highest BCUT2D eigenvalue weighted by Gasteiger charge is 2.31. The van der Waals surface area contributed by atoms with Crippen molar-refractivity contribution in [1.29, 1.82) is 0 Å². The number of nitrogens with zero attached hydrogens (tertiary/aromatic N) is 3. The summed E-state index contributed by atoms with van der Waals surface area (Å²) in [6.45, 7) is 2.41. The molecule has 2 aromatic heterocycles. The van der Waals surface area contributed by atoms with Crippen LogP contribution in [0.1, 0.15) is 57.1 Å². The predicted octanol–water partition coefficient (Wildman–Crippen LogP) is 4.49. The maximum Gasteiger partial charge on any atom is 0.416 e. The van der Waals surface area contributed by atoms with E-state index in [0.29, 0.717) is 29.1 Å². The molecule has 6 nitrogen and oxygen atoms in total. The molecular weight excluding hydrogens is 397 g/mol. The van der Waals surface area contributed by atoms with Gasteiger partial charge in [0.2, 0.25) is 0 Å². The minimum Gasteiger partial charge on any atom is -0.315 e. The number of hydrogen-bond donors (Lipinski definition) is 1. The van der Waals surface area contributed by atoms with Gasteiger partial charge in [-0.2, -0.15) is 13.2 Å². The minimum atomic E-state index is -4.43. The number of fused-ring (bicyclic) bond motifs is 1. The number of aryl methyl sites for hydroxylation is 1. The van der Waals surface area contributed by atoms with Crippen LogP contribution in [0.2, 0.25) is 0 Å². The topological polar surface area (TPSA) is 72.7 Å². The fraction of sp³-hybridized carbons (Fsp3) is 0.476. The maximum absolute atomic E-state index is 13.0. The largest absolute Gasteiger partial charge is 0.416 e. The van der Waals surface area contributed by atoms with E-state index in [0.717, 1.165) is 50.7 Å². The number of aromatic nitrogens is 4. The van der Waals surface area contributed by atoms with Crippen LogP contribution in [0.5, 0.6) is 0 Å². The van der Waals surface area contributed by atoms with Crippen LogP contribution >= 0.6 is 0 Å². The predicted molar refractivity (Wildman–Crippen MR) is 107 cm³/mol. The van der Waals surface area contributed by atoms with Crippen LogP contribution < -0.4 is 11.2 Å². The smallest absolute Gasteiger partial charge is 0.315 e. The molecular formula is C21H23F3N4O2. The Hall–Kier alpha value is -2.84. The zero-order valence-corrected chi connectivity index (χ0v) is 16.6. The molecule has 0 atom stereocenters. The van der Waals surface area contributed by atoms with Crippen molar-refractivity contribution in [3.05, 3.63) is 50.7 Å². The number of rotatable bonds is 5. The van der Waals surface area contributed by atoms with E-state index in [1.165, 1.54) is 16.7 Å². The van der Waals surface area contributed by atoms with Gasteiger partial charge in [-0.25, -0.2) is 9.78 Å². The van der Waals surface area contributed by atoms with Gasteiger partial charge in [0, 0.05) is 18.2 Å². The Morgan fingerprint density at radius 3 is 2.40 bits per heavy atom. The first-order chi connectivity index (χ1) is 14.3. The number of imidazole rings is 1. The summed E-state index contributed by atoms with van der Waals surface area (Å²) in [6.07, 6.45) is 0.893. The Morgan fingerprint density at radius 1 is 1.13 bits per heavy atom. The van der Waals surface area contributed by atoms with Gasteiger partial charge in [0.1, 0.15) is 5.82 Å². The van der Waals surface area contributed by atoms with Crippen LogP contribution in [0.25, 0.3) is 22.6 Å². The van der Waals surface area contributed by atoms with E-state index in [-0.39, 0.29) is 6.04 Å². The number of nitrogens with one attached hydrogen (secondary N) is 1. The quantitative estimate of drug-likeness (QED) is 0.661. The van der Waals surface area contributed by atoms with E-state index in [1.54, 1.807) is 0 Å². The van der Waals surface area contributed by atoms with Crippen molar-refractivity contribution >= 4 is 11.2 Å². The van der Waals surface area contributed by atoms with E-state index in [9.17, 15) is 22.8 Å². The van der Waals surface area contributed by atoms with Crippen LogP contribution in [-0.2, 0) is 12.7 Å². The SMILES string of the molecule is CCCCn1c(=O)[nH]c(=O)c2c1nc(-c1ccc(C(F)(F)F)cc1)n2C1CCCC1. The summed E-state index contributed by atoms with van der Waals surface area (Å²) in [6, 6.07) is 4.80. The first-order valence-corrected chi connectivity index (χ1v) is 10.2. The average Bonchev–Trinajstić information content (AvgIpc) is 3.35. The molecule has 0 unspecified atom stereocenters. The molecule has 1 aromatic carbocycles. The van der Waals surface area contributed by atoms with E-state index in [4.69, 9.17) is 0 Å².